The molecule has 106 valence electrons. The Kier molecular flexibility index (Phi) is 9.33. The zero-order valence-electron chi connectivity index (χ0n) is 12.2. The van der Waals surface area contributed by atoms with E-state index in [1.54, 1.807) is 0 Å². The lowest BCUT2D eigenvalue weighted by atomic mass is 9.99. The van der Waals surface area contributed by atoms with Gasteiger partial charge < -0.3 is 10.6 Å². The quantitative estimate of drug-likeness (QED) is 0.653. The number of carbonyl (C=O) groups is 2. The maximum atomic E-state index is 11.5. The molecule has 0 rings (SSSR count). The summed E-state index contributed by atoms with van der Waals surface area (Å²) in [5.41, 5.74) is 0. The summed E-state index contributed by atoms with van der Waals surface area (Å²) in [6.45, 7) is 9.41. The van der Waals surface area contributed by atoms with Crippen LogP contribution in [0.2, 0.25) is 0 Å². The molecule has 0 aliphatic heterocycles. The van der Waals surface area contributed by atoms with Crippen LogP contribution in [0.1, 0.15) is 53.4 Å². The van der Waals surface area contributed by atoms with Crippen molar-refractivity contribution in [2.24, 2.45) is 11.8 Å². The van der Waals surface area contributed by atoms with Crippen LogP contribution in [0.3, 0.4) is 0 Å². The fourth-order valence-electron chi connectivity index (χ4n) is 1.64. The van der Waals surface area contributed by atoms with E-state index in [0.717, 1.165) is 12.8 Å². The first-order chi connectivity index (χ1) is 8.51. The van der Waals surface area contributed by atoms with Crippen LogP contribution in [0.4, 0.5) is 0 Å². The molecular weight excluding hydrogens is 228 g/mol. The van der Waals surface area contributed by atoms with E-state index >= 15 is 0 Å². The zero-order valence-corrected chi connectivity index (χ0v) is 12.2. The molecule has 2 N–H and O–H groups in total. The Labute approximate surface area is 111 Å². The fraction of sp³-hybridized carbons (Fsp3) is 0.857. The Bertz CT molecular complexity index is 252. The van der Waals surface area contributed by atoms with Gasteiger partial charge in [0.05, 0.1) is 0 Å². The highest BCUT2D eigenvalue weighted by Crippen LogP contribution is 2.10. The second kappa shape index (κ2) is 9.92. The minimum atomic E-state index is -0.519. The van der Waals surface area contributed by atoms with Crippen LogP contribution >= 0.6 is 0 Å². The lowest BCUT2D eigenvalue weighted by Crippen LogP contribution is -2.42. The van der Waals surface area contributed by atoms with Crippen molar-refractivity contribution in [3.63, 3.8) is 0 Å². The van der Waals surface area contributed by atoms with Crippen molar-refractivity contribution < 1.29 is 9.59 Å². The molecule has 0 saturated carbocycles. The predicted octanol–water partition coefficient (Wildman–Crippen LogP) is 2.09. The Balaban J connectivity index is 3.88. The number of amides is 2. The van der Waals surface area contributed by atoms with Crippen LogP contribution in [-0.2, 0) is 9.59 Å². The smallest absolute Gasteiger partial charge is 0.309 e. The molecule has 0 spiro atoms. The molecule has 4 nitrogen and oxygen atoms in total. The Hall–Kier alpha value is -1.06. The van der Waals surface area contributed by atoms with E-state index in [0.29, 0.717) is 24.9 Å². The standard InChI is InChI=1S/C14H28N2O2/c1-5-7-8-12(6-2)10-16-14(18)13(17)15-9-11(3)4/h11-12H,5-10H2,1-4H3,(H,15,17)(H,16,18)/t12-/m1/s1. The van der Waals surface area contributed by atoms with Gasteiger partial charge in [-0.1, -0.05) is 47.0 Å². The van der Waals surface area contributed by atoms with E-state index < -0.39 is 11.8 Å². The van der Waals surface area contributed by atoms with Crippen molar-refractivity contribution >= 4 is 11.8 Å². The molecule has 0 aliphatic carbocycles. The summed E-state index contributed by atoms with van der Waals surface area (Å²) in [7, 11) is 0. The van der Waals surface area contributed by atoms with Crippen LogP contribution in [0.25, 0.3) is 0 Å². The average molecular weight is 256 g/mol. The van der Waals surface area contributed by atoms with Gasteiger partial charge in [0.1, 0.15) is 0 Å². The maximum absolute atomic E-state index is 11.5. The number of rotatable bonds is 8. The van der Waals surface area contributed by atoms with Crippen LogP contribution in [0, 0.1) is 11.8 Å². The summed E-state index contributed by atoms with van der Waals surface area (Å²) in [5, 5.41) is 5.33. The van der Waals surface area contributed by atoms with Crippen molar-refractivity contribution in [3.05, 3.63) is 0 Å². The summed E-state index contributed by atoms with van der Waals surface area (Å²) in [6, 6.07) is 0. The molecule has 0 fully saturated rings. The molecule has 2 amide bonds. The van der Waals surface area contributed by atoms with E-state index in [2.05, 4.69) is 24.5 Å². The molecule has 0 aromatic heterocycles. The Morgan fingerprint density at radius 3 is 2.00 bits per heavy atom. The van der Waals surface area contributed by atoms with Crippen molar-refractivity contribution in [2.75, 3.05) is 13.1 Å². The normalized spacial score (nSPS) is 12.3. The van der Waals surface area contributed by atoms with Gasteiger partial charge in [-0.3, -0.25) is 9.59 Å². The van der Waals surface area contributed by atoms with Crippen molar-refractivity contribution in [1.29, 1.82) is 0 Å². The Morgan fingerprint density at radius 2 is 1.56 bits per heavy atom. The summed E-state index contributed by atoms with van der Waals surface area (Å²) < 4.78 is 0. The molecule has 18 heavy (non-hydrogen) atoms. The zero-order chi connectivity index (χ0) is 14.0. The minimum Gasteiger partial charge on any atom is -0.348 e. The first-order valence-corrected chi connectivity index (χ1v) is 7.07. The minimum absolute atomic E-state index is 0.356. The Morgan fingerprint density at radius 1 is 1.00 bits per heavy atom. The van der Waals surface area contributed by atoms with E-state index in [4.69, 9.17) is 0 Å². The van der Waals surface area contributed by atoms with Gasteiger partial charge in [-0.2, -0.15) is 0 Å². The largest absolute Gasteiger partial charge is 0.348 e. The fourth-order valence-corrected chi connectivity index (χ4v) is 1.64. The molecule has 4 heteroatoms. The highest BCUT2D eigenvalue weighted by Gasteiger charge is 2.14. The van der Waals surface area contributed by atoms with Crippen LogP contribution in [0.5, 0.6) is 0 Å². The number of carbonyl (C=O) groups excluding carboxylic acids is 2. The van der Waals surface area contributed by atoms with Gasteiger partial charge in [0.15, 0.2) is 0 Å². The number of unbranched alkanes of at least 4 members (excludes halogenated alkanes) is 1. The number of hydrogen-bond donors (Lipinski definition) is 2. The lowest BCUT2D eigenvalue weighted by Gasteiger charge is -2.15. The van der Waals surface area contributed by atoms with Gasteiger partial charge in [-0.25, -0.2) is 0 Å². The molecule has 0 aromatic rings. The third kappa shape index (κ3) is 8.09. The molecular formula is C14H28N2O2. The van der Waals surface area contributed by atoms with Crippen LogP contribution in [0.15, 0.2) is 0 Å². The molecule has 0 bridgehead atoms. The SMILES string of the molecule is CCCC[C@@H](CC)CNC(=O)C(=O)NCC(C)C. The van der Waals surface area contributed by atoms with Crippen LogP contribution in [-0.4, -0.2) is 24.9 Å². The van der Waals surface area contributed by atoms with Gasteiger partial charge in [0.25, 0.3) is 0 Å². The van der Waals surface area contributed by atoms with E-state index in [1.807, 2.05) is 13.8 Å². The summed E-state index contributed by atoms with van der Waals surface area (Å²) in [4.78, 5) is 23.0. The molecule has 0 aromatic carbocycles. The summed E-state index contributed by atoms with van der Waals surface area (Å²) >= 11 is 0. The van der Waals surface area contributed by atoms with Gasteiger partial charge in [-0.15, -0.1) is 0 Å². The van der Waals surface area contributed by atoms with E-state index in [1.165, 1.54) is 12.8 Å². The first kappa shape index (κ1) is 16.9. The molecule has 0 heterocycles. The highest BCUT2D eigenvalue weighted by molar-refractivity contribution is 6.35. The lowest BCUT2D eigenvalue weighted by molar-refractivity contribution is -0.139. The topological polar surface area (TPSA) is 58.2 Å². The second-order valence-corrected chi connectivity index (χ2v) is 5.23. The molecule has 0 saturated heterocycles. The second-order valence-electron chi connectivity index (χ2n) is 5.23. The highest BCUT2D eigenvalue weighted by atomic mass is 16.2. The number of hydrogen-bond acceptors (Lipinski definition) is 2. The van der Waals surface area contributed by atoms with E-state index in [9.17, 15) is 9.59 Å². The van der Waals surface area contributed by atoms with Gasteiger partial charge in [0, 0.05) is 13.1 Å². The predicted molar refractivity (Wildman–Crippen MR) is 74.2 cm³/mol. The maximum Gasteiger partial charge on any atom is 0.309 e. The average Bonchev–Trinajstić information content (AvgIpc) is 2.35. The number of nitrogens with one attached hydrogen (secondary N) is 2. The monoisotopic (exact) mass is 256 g/mol. The molecule has 1 atom stereocenters. The first-order valence-electron chi connectivity index (χ1n) is 7.07. The molecule has 0 unspecified atom stereocenters. The van der Waals surface area contributed by atoms with E-state index in [-0.39, 0.29) is 0 Å². The molecule has 0 aliphatic rings. The van der Waals surface area contributed by atoms with Crippen molar-refractivity contribution in [3.8, 4) is 0 Å². The molecule has 0 radical (unpaired) electrons. The van der Waals surface area contributed by atoms with Crippen LogP contribution < -0.4 is 10.6 Å². The summed E-state index contributed by atoms with van der Waals surface area (Å²) in [5.74, 6) is -0.193. The van der Waals surface area contributed by atoms with Crippen molar-refractivity contribution in [1.82, 2.24) is 10.6 Å². The third-order valence-electron chi connectivity index (χ3n) is 2.97. The third-order valence-corrected chi connectivity index (χ3v) is 2.97. The van der Waals surface area contributed by atoms with Crippen molar-refractivity contribution in [2.45, 2.75) is 53.4 Å². The van der Waals surface area contributed by atoms with Gasteiger partial charge in [-0.05, 0) is 18.3 Å². The van der Waals surface area contributed by atoms with Gasteiger partial charge in [0.2, 0.25) is 0 Å². The summed E-state index contributed by atoms with van der Waals surface area (Å²) in [6.07, 6.45) is 4.49. The van der Waals surface area contributed by atoms with Gasteiger partial charge >= 0.3 is 11.8 Å².